The van der Waals surface area contributed by atoms with E-state index in [9.17, 15) is 4.79 Å². The molecule has 3 nitrogen and oxygen atoms in total. The maximum Gasteiger partial charge on any atom is 0.220 e. The van der Waals surface area contributed by atoms with Gasteiger partial charge in [0.25, 0.3) is 0 Å². The third kappa shape index (κ3) is 3.46. The molecule has 1 heterocycles. The van der Waals surface area contributed by atoms with Crippen molar-refractivity contribution in [3.63, 3.8) is 0 Å². The summed E-state index contributed by atoms with van der Waals surface area (Å²) in [5.41, 5.74) is 0.485. The standard InChI is InChI=1S/C18H30N2O.ClH/c21-17(8-13-1-3-19-4-2-13)20-12-18-9-14-5-15(10-18)7-16(6-14)11-18;/h13-16,19H,1-12H2,(H,20,21);1H. The smallest absolute Gasteiger partial charge is 0.220 e. The molecule has 0 spiro atoms. The predicted molar refractivity (Wildman–Crippen MR) is 91.1 cm³/mol. The summed E-state index contributed by atoms with van der Waals surface area (Å²) in [4.78, 5) is 12.3. The van der Waals surface area contributed by atoms with Crippen LogP contribution >= 0.6 is 12.4 Å². The van der Waals surface area contributed by atoms with Crippen LogP contribution in [-0.4, -0.2) is 25.5 Å². The van der Waals surface area contributed by atoms with Gasteiger partial charge in [0.2, 0.25) is 5.91 Å². The first kappa shape index (κ1) is 16.6. The highest BCUT2D eigenvalue weighted by atomic mass is 35.5. The van der Waals surface area contributed by atoms with E-state index in [-0.39, 0.29) is 12.4 Å². The van der Waals surface area contributed by atoms with Crippen LogP contribution in [0.3, 0.4) is 0 Å². The Kier molecular flexibility index (Phi) is 5.04. The molecule has 22 heavy (non-hydrogen) atoms. The van der Waals surface area contributed by atoms with E-state index < -0.39 is 0 Å². The Balaban J connectivity index is 0.00000144. The molecule has 1 saturated heterocycles. The molecular weight excluding hydrogens is 296 g/mol. The lowest BCUT2D eigenvalue weighted by Gasteiger charge is -2.56. The summed E-state index contributed by atoms with van der Waals surface area (Å²) >= 11 is 0. The van der Waals surface area contributed by atoms with E-state index in [1.807, 2.05) is 0 Å². The minimum atomic E-state index is 0. The van der Waals surface area contributed by atoms with Crippen LogP contribution in [0.15, 0.2) is 0 Å². The monoisotopic (exact) mass is 326 g/mol. The SMILES string of the molecule is Cl.O=C(CC1CCNCC1)NCC12CC3CC(CC(C3)C1)C2. The Morgan fingerprint density at radius 2 is 1.55 bits per heavy atom. The van der Waals surface area contributed by atoms with E-state index in [1.165, 1.54) is 51.4 Å². The van der Waals surface area contributed by atoms with Crippen LogP contribution in [0.25, 0.3) is 0 Å². The Morgan fingerprint density at radius 3 is 2.09 bits per heavy atom. The summed E-state index contributed by atoms with van der Waals surface area (Å²) in [6.45, 7) is 3.15. The van der Waals surface area contributed by atoms with Gasteiger partial charge in [-0.15, -0.1) is 12.4 Å². The summed E-state index contributed by atoms with van der Waals surface area (Å²) in [5.74, 6) is 3.88. The Labute approximate surface area is 140 Å². The van der Waals surface area contributed by atoms with Crippen LogP contribution in [0.2, 0.25) is 0 Å². The van der Waals surface area contributed by atoms with Crippen LogP contribution in [0, 0.1) is 29.1 Å². The zero-order chi connectivity index (χ0) is 14.3. The molecule has 0 aromatic carbocycles. The highest BCUT2D eigenvalue weighted by Gasteiger charge is 2.50. The molecule has 5 rings (SSSR count). The van der Waals surface area contributed by atoms with Gasteiger partial charge in [0.15, 0.2) is 0 Å². The van der Waals surface area contributed by atoms with Crippen molar-refractivity contribution in [2.45, 2.75) is 57.8 Å². The molecule has 0 aromatic heterocycles. The van der Waals surface area contributed by atoms with Gasteiger partial charge in [-0.2, -0.15) is 0 Å². The number of carbonyl (C=O) groups excluding carboxylic acids is 1. The number of halogens is 1. The second-order valence-corrected chi connectivity index (χ2v) is 8.59. The first-order chi connectivity index (χ1) is 10.2. The average Bonchev–Trinajstić information content (AvgIpc) is 2.45. The lowest BCUT2D eigenvalue weighted by molar-refractivity contribution is -0.124. The molecule has 126 valence electrons. The average molecular weight is 327 g/mol. The fourth-order valence-electron chi connectivity index (χ4n) is 6.21. The zero-order valence-corrected chi connectivity index (χ0v) is 14.4. The fourth-order valence-corrected chi connectivity index (χ4v) is 6.21. The van der Waals surface area contributed by atoms with Crippen LogP contribution in [0.1, 0.15) is 57.8 Å². The van der Waals surface area contributed by atoms with Crippen LogP contribution in [-0.2, 0) is 4.79 Å². The maximum absolute atomic E-state index is 12.3. The topological polar surface area (TPSA) is 41.1 Å². The van der Waals surface area contributed by atoms with E-state index >= 15 is 0 Å². The maximum atomic E-state index is 12.3. The van der Waals surface area contributed by atoms with E-state index in [1.54, 1.807) is 0 Å². The molecule has 1 aliphatic heterocycles. The van der Waals surface area contributed by atoms with Crippen molar-refractivity contribution in [1.82, 2.24) is 10.6 Å². The number of amides is 1. The quantitative estimate of drug-likeness (QED) is 0.833. The normalized spacial score (nSPS) is 40.3. The van der Waals surface area contributed by atoms with Crippen LogP contribution < -0.4 is 10.6 Å². The van der Waals surface area contributed by atoms with Gasteiger partial charge in [0.1, 0.15) is 0 Å². The minimum absolute atomic E-state index is 0. The number of rotatable bonds is 4. The third-order valence-corrected chi connectivity index (χ3v) is 6.76. The molecule has 4 heteroatoms. The van der Waals surface area contributed by atoms with Crippen molar-refractivity contribution in [2.75, 3.05) is 19.6 Å². The van der Waals surface area contributed by atoms with Crippen molar-refractivity contribution in [2.24, 2.45) is 29.1 Å². The van der Waals surface area contributed by atoms with E-state index in [0.29, 0.717) is 17.2 Å². The van der Waals surface area contributed by atoms with Gasteiger partial charge < -0.3 is 10.6 Å². The molecule has 0 unspecified atom stereocenters. The van der Waals surface area contributed by atoms with Gasteiger partial charge >= 0.3 is 0 Å². The molecule has 0 atom stereocenters. The first-order valence-corrected chi connectivity index (χ1v) is 9.18. The minimum Gasteiger partial charge on any atom is -0.356 e. The summed E-state index contributed by atoms with van der Waals surface area (Å²) in [6, 6.07) is 0. The molecule has 5 fully saturated rings. The second-order valence-electron chi connectivity index (χ2n) is 8.59. The lowest BCUT2D eigenvalue weighted by Crippen LogP contribution is -2.51. The summed E-state index contributed by atoms with van der Waals surface area (Å²) in [6.07, 6.45) is 11.8. The summed E-state index contributed by atoms with van der Waals surface area (Å²) < 4.78 is 0. The third-order valence-electron chi connectivity index (χ3n) is 6.76. The molecule has 4 aliphatic carbocycles. The molecule has 2 N–H and O–H groups in total. The second kappa shape index (κ2) is 6.68. The van der Waals surface area contributed by atoms with Gasteiger partial charge in [-0.3, -0.25) is 4.79 Å². The number of hydrogen-bond donors (Lipinski definition) is 2. The Morgan fingerprint density at radius 1 is 1.00 bits per heavy atom. The Bertz CT molecular complexity index is 371. The predicted octanol–water partition coefficient (Wildman–Crippen LogP) is 3.13. The highest BCUT2D eigenvalue weighted by Crippen LogP contribution is 2.59. The number of hydrogen-bond acceptors (Lipinski definition) is 2. The summed E-state index contributed by atoms with van der Waals surface area (Å²) in [5, 5.41) is 6.70. The molecule has 0 radical (unpaired) electrons. The first-order valence-electron chi connectivity index (χ1n) is 9.18. The molecule has 5 aliphatic rings. The molecule has 0 aromatic rings. The molecule has 1 amide bonds. The molecule has 4 bridgehead atoms. The van der Waals surface area contributed by atoms with Gasteiger partial charge in [-0.25, -0.2) is 0 Å². The number of carbonyl (C=O) groups is 1. The van der Waals surface area contributed by atoms with Crippen molar-refractivity contribution < 1.29 is 4.79 Å². The number of piperidine rings is 1. The Hall–Kier alpha value is -0.280. The van der Waals surface area contributed by atoms with Crippen LogP contribution in [0.4, 0.5) is 0 Å². The molecular formula is C18H31ClN2O. The highest BCUT2D eigenvalue weighted by molar-refractivity contribution is 5.85. The van der Waals surface area contributed by atoms with Gasteiger partial charge in [0.05, 0.1) is 0 Å². The lowest BCUT2D eigenvalue weighted by atomic mass is 9.49. The van der Waals surface area contributed by atoms with Crippen molar-refractivity contribution in [3.8, 4) is 0 Å². The summed E-state index contributed by atoms with van der Waals surface area (Å²) in [7, 11) is 0. The van der Waals surface area contributed by atoms with E-state index in [0.717, 1.165) is 43.8 Å². The van der Waals surface area contributed by atoms with Gasteiger partial charge in [-0.05, 0) is 93.5 Å². The molecule has 4 saturated carbocycles. The number of nitrogens with one attached hydrogen (secondary N) is 2. The van der Waals surface area contributed by atoms with Gasteiger partial charge in [0, 0.05) is 13.0 Å². The largest absolute Gasteiger partial charge is 0.356 e. The van der Waals surface area contributed by atoms with E-state index in [2.05, 4.69) is 10.6 Å². The van der Waals surface area contributed by atoms with Gasteiger partial charge in [-0.1, -0.05) is 0 Å². The van der Waals surface area contributed by atoms with Crippen molar-refractivity contribution in [1.29, 1.82) is 0 Å². The van der Waals surface area contributed by atoms with Crippen molar-refractivity contribution in [3.05, 3.63) is 0 Å². The zero-order valence-electron chi connectivity index (χ0n) is 13.6. The van der Waals surface area contributed by atoms with Crippen molar-refractivity contribution >= 4 is 18.3 Å². The van der Waals surface area contributed by atoms with E-state index in [4.69, 9.17) is 0 Å². The van der Waals surface area contributed by atoms with Crippen LogP contribution in [0.5, 0.6) is 0 Å². The fraction of sp³-hybridized carbons (Fsp3) is 0.944.